The first-order chi connectivity index (χ1) is 13.4. The van der Waals surface area contributed by atoms with Crippen molar-refractivity contribution >= 4 is 17.3 Å². The molecule has 0 aliphatic carbocycles. The number of benzene rings is 2. The number of nitriles is 1. The van der Waals surface area contributed by atoms with Crippen molar-refractivity contribution in [2.75, 3.05) is 32.1 Å². The van der Waals surface area contributed by atoms with Crippen LogP contribution < -0.4 is 5.32 Å². The van der Waals surface area contributed by atoms with Crippen LogP contribution in [0.5, 0.6) is 0 Å². The highest BCUT2D eigenvalue weighted by Crippen LogP contribution is 2.21. The van der Waals surface area contributed by atoms with E-state index in [2.05, 4.69) is 11.4 Å². The Morgan fingerprint density at radius 3 is 2.61 bits per heavy atom. The van der Waals surface area contributed by atoms with E-state index in [0.717, 1.165) is 11.1 Å². The number of anilines is 1. The number of methoxy groups -OCH3 is 1. The van der Waals surface area contributed by atoms with E-state index in [-0.39, 0.29) is 18.1 Å². The van der Waals surface area contributed by atoms with Crippen molar-refractivity contribution in [3.63, 3.8) is 0 Å². The number of non-ortho nitro benzene ring substituents is 1. The van der Waals surface area contributed by atoms with Crippen LogP contribution in [0.4, 0.5) is 11.4 Å². The highest BCUT2D eigenvalue weighted by molar-refractivity contribution is 5.93. The van der Waals surface area contributed by atoms with Crippen LogP contribution in [-0.4, -0.2) is 42.5 Å². The Bertz CT molecular complexity index is 875. The summed E-state index contributed by atoms with van der Waals surface area (Å²) in [5, 5.41) is 22.6. The van der Waals surface area contributed by atoms with Crippen LogP contribution in [-0.2, 0) is 16.1 Å². The van der Waals surface area contributed by atoms with Gasteiger partial charge in [0, 0.05) is 32.3 Å². The minimum absolute atomic E-state index is 0.0743. The van der Waals surface area contributed by atoms with Gasteiger partial charge in [-0.1, -0.05) is 18.2 Å². The predicted molar refractivity (Wildman–Crippen MR) is 105 cm³/mol. The normalized spacial score (nSPS) is 10.5. The van der Waals surface area contributed by atoms with E-state index in [1.165, 1.54) is 12.1 Å². The summed E-state index contributed by atoms with van der Waals surface area (Å²) in [7, 11) is 1.59. The van der Waals surface area contributed by atoms with Crippen molar-refractivity contribution < 1.29 is 14.5 Å². The maximum Gasteiger partial charge on any atom is 0.271 e. The Labute approximate surface area is 163 Å². The quantitative estimate of drug-likeness (QED) is 0.528. The Hall–Kier alpha value is -3.28. The van der Waals surface area contributed by atoms with Gasteiger partial charge in [0.1, 0.15) is 0 Å². The average Bonchev–Trinajstić information content (AvgIpc) is 2.68. The molecule has 0 fully saturated rings. The van der Waals surface area contributed by atoms with E-state index in [9.17, 15) is 14.9 Å². The second-order valence-corrected chi connectivity index (χ2v) is 6.32. The zero-order valence-electron chi connectivity index (χ0n) is 15.8. The van der Waals surface area contributed by atoms with Gasteiger partial charge in [0.05, 0.1) is 35.4 Å². The van der Waals surface area contributed by atoms with Crippen molar-refractivity contribution in [2.24, 2.45) is 0 Å². The third kappa shape index (κ3) is 6.16. The third-order valence-corrected chi connectivity index (χ3v) is 4.17. The van der Waals surface area contributed by atoms with Gasteiger partial charge in [-0.15, -0.1) is 0 Å². The third-order valence-electron chi connectivity index (χ3n) is 4.17. The van der Waals surface area contributed by atoms with Crippen molar-refractivity contribution in [1.82, 2.24) is 4.90 Å². The molecular formula is C20H22N4O4. The summed E-state index contributed by atoms with van der Waals surface area (Å²) >= 11 is 0. The first-order valence-electron chi connectivity index (χ1n) is 8.68. The number of carbonyl (C=O) groups excluding carboxylic acids is 1. The number of nitrogens with zero attached hydrogens (tertiary/aromatic N) is 3. The molecule has 0 spiro atoms. The predicted octanol–water partition coefficient (Wildman–Crippen LogP) is 2.86. The standard InChI is InChI=1S/C20H22N4O4/c1-15-3-8-18(24(26)27)11-19(15)22-20(25)14-23(9-10-28-2)13-17-6-4-16(12-21)5-7-17/h3-8,11H,9-10,13-14H2,1-2H3,(H,22,25). The number of aryl methyl sites for hydroxylation is 1. The fourth-order valence-electron chi connectivity index (χ4n) is 2.63. The summed E-state index contributed by atoms with van der Waals surface area (Å²) in [4.78, 5) is 24.9. The number of nitro groups is 1. The molecule has 0 heterocycles. The molecule has 0 atom stereocenters. The van der Waals surface area contributed by atoms with E-state index in [1.54, 1.807) is 32.2 Å². The number of ether oxygens (including phenoxy) is 1. The van der Waals surface area contributed by atoms with Gasteiger partial charge in [-0.3, -0.25) is 19.8 Å². The molecule has 1 amide bonds. The van der Waals surface area contributed by atoms with Crippen LogP contribution in [0.3, 0.4) is 0 Å². The summed E-state index contributed by atoms with van der Waals surface area (Å²) in [6.07, 6.45) is 0. The number of hydrogen-bond donors (Lipinski definition) is 1. The van der Waals surface area contributed by atoms with Gasteiger partial charge >= 0.3 is 0 Å². The molecule has 146 valence electrons. The first kappa shape index (κ1) is 21.0. The highest BCUT2D eigenvalue weighted by Gasteiger charge is 2.15. The fourth-order valence-corrected chi connectivity index (χ4v) is 2.63. The van der Waals surface area contributed by atoms with Crippen LogP contribution in [0.2, 0.25) is 0 Å². The largest absolute Gasteiger partial charge is 0.383 e. The van der Waals surface area contributed by atoms with Gasteiger partial charge in [-0.05, 0) is 30.2 Å². The highest BCUT2D eigenvalue weighted by atomic mass is 16.6. The molecule has 0 aromatic heterocycles. The van der Waals surface area contributed by atoms with Crippen LogP contribution in [0.25, 0.3) is 0 Å². The van der Waals surface area contributed by atoms with Gasteiger partial charge < -0.3 is 10.1 Å². The minimum atomic E-state index is -0.495. The molecule has 8 nitrogen and oxygen atoms in total. The number of amides is 1. The summed E-state index contributed by atoms with van der Waals surface area (Å²) in [5.74, 6) is -0.270. The van der Waals surface area contributed by atoms with Crippen molar-refractivity contribution in [3.8, 4) is 6.07 Å². The Morgan fingerprint density at radius 1 is 1.29 bits per heavy atom. The first-order valence-corrected chi connectivity index (χ1v) is 8.68. The number of hydrogen-bond acceptors (Lipinski definition) is 6. The average molecular weight is 382 g/mol. The van der Waals surface area contributed by atoms with Crippen LogP contribution in [0, 0.1) is 28.4 Å². The van der Waals surface area contributed by atoms with Crippen molar-refractivity contribution in [1.29, 1.82) is 5.26 Å². The SMILES string of the molecule is COCCN(CC(=O)Nc1cc([N+](=O)[O-])ccc1C)Cc1ccc(C#N)cc1. The van der Waals surface area contributed by atoms with Gasteiger partial charge in [-0.25, -0.2) is 0 Å². The van der Waals surface area contributed by atoms with E-state index < -0.39 is 4.92 Å². The van der Waals surface area contributed by atoms with Crippen LogP contribution in [0.1, 0.15) is 16.7 Å². The Kier molecular flexibility index (Phi) is 7.63. The maximum atomic E-state index is 12.5. The lowest BCUT2D eigenvalue weighted by atomic mass is 10.1. The number of nitro benzene ring substituents is 1. The van der Waals surface area contributed by atoms with Gasteiger partial charge in [0.25, 0.3) is 5.69 Å². The van der Waals surface area contributed by atoms with Crippen molar-refractivity contribution in [2.45, 2.75) is 13.5 Å². The molecule has 1 N–H and O–H groups in total. The lowest BCUT2D eigenvalue weighted by Gasteiger charge is -2.22. The molecule has 2 aromatic carbocycles. The molecule has 0 radical (unpaired) electrons. The molecule has 0 bridgehead atoms. The summed E-state index contributed by atoms with van der Waals surface area (Å²) < 4.78 is 5.12. The second kappa shape index (κ2) is 10.2. The van der Waals surface area contributed by atoms with Gasteiger partial charge in [-0.2, -0.15) is 5.26 Å². The molecule has 0 unspecified atom stereocenters. The molecular weight excluding hydrogens is 360 g/mol. The summed E-state index contributed by atoms with van der Waals surface area (Å²) in [5.41, 5.74) is 2.63. The van der Waals surface area contributed by atoms with Crippen LogP contribution >= 0.6 is 0 Å². The van der Waals surface area contributed by atoms with Crippen LogP contribution in [0.15, 0.2) is 42.5 Å². The number of nitrogens with one attached hydrogen (secondary N) is 1. The monoisotopic (exact) mass is 382 g/mol. The number of carbonyl (C=O) groups is 1. The van der Waals surface area contributed by atoms with Gasteiger partial charge in [0.15, 0.2) is 0 Å². The second-order valence-electron chi connectivity index (χ2n) is 6.32. The zero-order chi connectivity index (χ0) is 20.5. The molecule has 28 heavy (non-hydrogen) atoms. The van der Waals surface area contributed by atoms with E-state index >= 15 is 0 Å². The van der Waals surface area contributed by atoms with Crippen molar-refractivity contribution in [3.05, 3.63) is 69.3 Å². The topological polar surface area (TPSA) is 108 Å². The van der Waals surface area contributed by atoms with E-state index in [1.807, 2.05) is 17.0 Å². The Balaban J connectivity index is 2.06. The number of rotatable bonds is 9. The zero-order valence-corrected chi connectivity index (χ0v) is 15.8. The molecule has 0 saturated carbocycles. The minimum Gasteiger partial charge on any atom is -0.383 e. The molecule has 8 heteroatoms. The smallest absolute Gasteiger partial charge is 0.271 e. The lowest BCUT2D eigenvalue weighted by Crippen LogP contribution is -2.35. The molecule has 0 aliphatic rings. The Morgan fingerprint density at radius 2 is 2.00 bits per heavy atom. The molecule has 0 aliphatic heterocycles. The fraction of sp³-hybridized carbons (Fsp3) is 0.300. The lowest BCUT2D eigenvalue weighted by molar-refractivity contribution is -0.384. The summed E-state index contributed by atoms with van der Waals surface area (Å²) in [6, 6.07) is 13.6. The van der Waals surface area contributed by atoms with E-state index in [0.29, 0.717) is 30.9 Å². The maximum absolute atomic E-state index is 12.5. The molecule has 2 rings (SSSR count). The van der Waals surface area contributed by atoms with Gasteiger partial charge in [0.2, 0.25) is 5.91 Å². The molecule has 0 saturated heterocycles. The van der Waals surface area contributed by atoms with E-state index in [4.69, 9.17) is 10.00 Å². The summed E-state index contributed by atoms with van der Waals surface area (Å²) in [6.45, 7) is 3.39. The molecule has 2 aromatic rings.